The lowest BCUT2D eigenvalue weighted by atomic mass is 10.1. The number of aryl methyl sites for hydroxylation is 1. The molecule has 0 radical (unpaired) electrons. The lowest BCUT2D eigenvalue weighted by molar-refractivity contribution is 0.0981. The molecule has 0 aliphatic rings. The quantitative estimate of drug-likeness (QED) is 0.454. The van der Waals surface area contributed by atoms with Crippen LogP contribution in [0.5, 0.6) is 11.5 Å². The minimum Gasteiger partial charge on any atom is -0.490 e. The van der Waals surface area contributed by atoms with E-state index in [0.29, 0.717) is 36.6 Å². The summed E-state index contributed by atoms with van der Waals surface area (Å²) in [5.74, 6) is 1.49. The van der Waals surface area contributed by atoms with E-state index in [2.05, 4.69) is 0 Å². The van der Waals surface area contributed by atoms with Gasteiger partial charge in [0.15, 0.2) is 5.78 Å². The van der Waals surface area contributed by atoms with Crippen molar-refractivity contribution in [2.24, 2.45) is 0 Å². The van der Waals surface area contributed by atoms with Crippen LogP contribution in [0.2, 0.25) is 0 Å². The van der Waals surface area contributed by atoms with Crippen molar-refractivity contribution >= 4 is 11.5 Å². The molecule has 0 spiro atoms. The largest absolute Gasteiger partial charge is 0.490 e. The van der Waals surface area contributed by atoms with Crippen LogP contribution in [0.25, 0.3) is 0 Å². The van der Waals surface area contributed by atoms with Gasteiger partial charge in [-0.2, -0.15) is 0 Å². The highest BCUT2D eigenvalue weighted by Crippen LogP contribution is 2.23. The van der Waals surface area contributed by atoms with Crippen LogP contribution in [0.1, 0.15) is 35.7 Å². The molecule has 2 rings (SSSR count). The summed E-state index contributed by atoms with van der Waals surface area (Å²) in [4.78, 5) is 11.8. The molecule has 0 saturated carbocycles. The number of ketones is 1. The van der Waals surface area contributed by atoms with E-state index in [1.807, 2.05) is 38.1 Å². The molecule has 0 aromatic heterocycles. The topological polar surface area (TPSA) is 61.5 Å². The second-order valence-electron chi connectivity index (χ2n) is 5.44. The van der Waals surface area contributed by atoms with Crippen LogP contribution in [-0.4, -0.2) is 19.0 Å². The zero-order valence-corrected chi connectivity index (χ0v) is 13.7. The minimum atomic E-state index is 0.105. The molecule has 0 heterocycles. The van der Waals surface area contributed by atoms with Gasteiger partial charge in [0.25, 0.3) is 0 Å². The summed E-state index contributed by atoms with van der Waals surface area (Å²) in [5, 5.41) is 0. The molecule has 4 nitrogen and oxygen atoms in total. The number of benzene rings is 2. The van der Waals surface area contributed by atoms with E-state index in [1.165, 1.54) is 5.56 Å². The average Bonchev–Trinajstić information content (AvgIpc) is 2.54. The Morgan fingerprint density at radius 3 is 2.39 bits per heavy atom. The zero-order chi connectivity index (χ0) is 16.7. The van der Waals surface area contributed by atoms with Crippen LogP contribution in [0.3, 0.4) is 0 Å². The van der Waals surface area contributed by atoms with E-state index >= 15 is 0 Å². The lowest BCUT2D eigenvalue weighted by Gasteiger charge is -2.11. The van der Waals surface area contributed by atoms with Gasteiger partial charge in [0.05, 0.1) is 5.69 Å². The second kappa shape index (κ2) is 8.22. The standard InChI is InChI=1S/C19H23NO3/c1-3-4-18(21)15-7-10-19(17(20)13-15)23-12-11-22-16-8-5-14(2)6-9-16/h5-10,13H,3-4,11-12,20H2,1-2H3. The lowest BCUT2D eigenvalue weighted by Crippen LogP contribution is -2.10. The number of nitrogens with two attached hydrogens (primary N) is 1. The van der Waals surface area contributed by atoms with Crippen LogP contribution < -0.4 is 15.2 Å². The molecule has 0 saturated heterocycles. The van der Waals surface area contributed by atoms with E-state index in [-0.39, 0.29) is 5.78 Å². The predicted molar refractivity (Wildman–Crippen MR) is 92.3 cm³/mol. The summed E-state index contributed by atoms with van der Waals surface area (Å²) in [6, 6.07) is 13.0. The molecule has 0 amide bonds. The Morgan fingerprint density at radius 1 is 1.04 bits per heavy atom. The average molecular weight is 313 g/mol. The summed E-state index contributed by atoms with van der Waals surface area (Å²) in [7, 11) is 0. The van der Waals surface area contributed by atoms with E-state index in [1.54, 1.807) is 18.2 Å². The van der Waals surface area contributed by atoms with Gasteiger partial charge in [0.2, 0.25) is 0 Å². The highest BCUT2D eigenvalue weighted by atomic mass is 16.5. The zero-order valence-electron chi connectivity index (χ0n) is 13.7. The number of carbonyl (C=O) groups excluding carboxylic acids is 1. The Kier molecular flexibility index (Phi) is 6.03. The van der Waals surface area contributed by atoms with Gasteiger partial charge in [0, 0.05) is 12.0 Å². The van der Waals surface area contributed by atoms with E-state index in [4.69, 9.17) is 15.2 Å². The molecule has 2 N–H and O–H groups in total. The normalized spacial score (nSPS) is 10.3. The van der Waals surface area contributed by atoms with Crippen molar-refractivity contribution in [2.75, 3.05) is 18.9 Å². The summed E-state index contributed by atoms with van der Waals surface area (Å²) < 4.78 is 11.2. The van der Waals surface area contributed by atoms with E-state index < -0.39 is 0 Å². The van der Waals surface area contributed by atoms with Crippen molar-refractivity contribution in [3.8, 4) is 11.5 Å². The SMILES string of the molecule is CCCC(=O)c1ccc(OCCOc2ccc(C)cc2)c(N)c1. The van der Waals surface area contributed by atoms with Crippen LogP contribution in [0.15, 0.2) is 42.5 Å². The predicted octanol–water partition coefficient (Wildman–Crippen LogP) is 4.02. The highest BCUT2D eigenvalue weighted by Gasteiger charge is 2.08. The highest BCUT2D eigenvalue weighted by molar-refractivity contribution is 5.97. The molecular formula is C19H23NO3. The number of Topliss-reactive ketones (excluding diaryl/α,β-unsaturated/α-hetero) is 1. The molecule has 0 fully saturated rings. The first-order chi connectivity index (χ1) is 11.1. The molecule has 0 atom stereocenters. The third-order valence-electron chi connectivity index (χ3n) is 3.44. The molecular weight excluding hydrogens is 290 g/mol. The molecule has 0 aliphatic heterocycles. The fourth-order valence-electron chi connectivity index (χ4n) is 2.17. The van der Waals surface area contributed by atoms with Gasteiger partial charge in [0.1, 0.15) is 24.7 Å². The van der Waals surface area contributed by atoms with Gasteiger partial charge in [-0.3, -0.25) is 4.79 Å². The number of carbonyl (C=O) groups is 1. The first-order valence-corrected chi connectivity index (χ1v) is 7.85. The molecule has 0 unspecified atom stereocenters. The molecule has 4 heteroatoms. The first-order valence-electron chi connectivity index (χ1n) is 7.85. The second-order valence-corrected chi connectivity index (χ2v) is 5.44. The maximum Gasteiger partial charge on any atom is 0.162 e. The molecule has 0 bridgehead atoms. The molecule has 23 heavy (non-hydrogen) atoms. The van der Waals surface area contributed by atoms with Crippen molar-refractivity contribution in [1.82, 2.24) is 0 Å². The fourth-order valence-corrected chi connectivity index (χ4v) is 2.17. The summed E-state index contributed by atoms with van der Waals surface area (Å²) >= 11 is 0. The van der Waals surface area contributed by atoms with Gasteiger partial charge in [-0.1, -0.05) is 24.6 Å². The Balaban J connectivity index is 1.83. The summed E-state index contributed by atoms with van der Waals surface area (Å²) in [6.45, 7) is 4.83. The maximum atomic E-state index is 11.8. The number of ether oxygens (including phenoxy) is 2. The number of rotatable bonds is 8. The first kappa shape index (κ1) is 16.9. The van der Waals surface area contributed by atoms with Gasteiger partial charge in [-0.25, -0.2) is 0 Å². The fraction of sp³-hybridized carbons (Fsp3) is 0.316. The van der Waals surface area contributed by atoms with Gasteiger partial charge >= 0.3 is 0 Å². The van der Waals surface area contributed by atoms with Gasteiger partial charge in [-0.15, -0.1) is 0 Å². The Morgan fingerprint density at radius 2 is 1.74 bits per heavy atom. The Hall–Kier alpha value is -2.49. The third kappa shape index (κ3) is 5.02. The Labute approximate surface area is 137 Å². The van der Waals surface area contributed by atoms with E-state index in [0.717, 1.165) is 12.2 Å². The number of nitrogen functional groups attached to an aromatic ring is 1. The monoisotopic (exact) mass is 313 g/mol. The smallest absolute Gasteiger partial charge is 0.162 e. The summed E-state index contributed by atoms with van der Waals surface area (Å²) in [6.07, 6.45) is 1.36. The molecule has 2 aromatic rings. The van der Waals surface area contributed by atoms with Crippen molar-refractivity contribution in [2.45, 2.75) is 26.7 Å². The molecule has 2 aromatic carbocycles. The number of hydrogen-bond acceptors (Lipinski definition) is 4. The van der Waals surface area contributed by atoms with Crippen LogP contribution in [0.4, 0.5) is 5.69 Å². The van der Waals surface area contributed by atoms with Crippen molar-refractivity contribution < 1.29 is 14.3 Å². The van der Waals surface area contributed by atoms with E-state index in [9.17, 15) is 4.79 Å². The van der Waals surface area contributed by atoms with Gasteiger partial charge in [-0.05, 0) is 43.7 Å². The van der Waals surface area contributed by atoms with Crippen molar-refractivity contribution in [1.29, 1.82) is 0 Å². The number of anilines is 1. The summed E-state index contributed by atoms with van der Waals surface area (Å²) in [5.41, 5.74) is 8.25. The van der Waals surface area contributed by atoms with Crippen LogP contribution in [0, 0.1) is 6.92 Å². The van der Waals surface area contributed by atoms with Crippen LogP contribution in [-0.2, 0) is 0 Å². The van der Waals surface area contributed by atoms with Crippen molar-refractivity contribution in [3.05, 3.63) is 53.6 Å². The van der Waals surface area contributed by atoms with Gasteiger partial charge < -0.3 is 15.2 Å². The maximum absolute atomic E-state index is 11.8. The van der Waals surface area contributed by atoms with Crippen LogP contribution >= 0.6 is 0 Å². The number of hydrogen-bond donors (Lipinski definition) is 1. The minimum absolute atomic E-state index is 0.105. The van der Waals surface area contributed by atoms with Crippen molar-refractivity contribution in [3.63, 3.8) is 0 Å². The third-order valence-corrected chi connectivity index (χ3v) is 3.44. The molecule has 0 aliphatic carbocycles. The molecule has 122 valence electrons. The Bertz CT molecular complexity index is 650.